The molecule has 0 saturated carbocycles. The summed E-state index contributed by atoms with van der Waals surface area (Å²) < 4.78 is 1.76. The second-order valence-corrected chi connectivity index (χ2v) is 3.57. The molecule has 0 spiro atoms. The lowest BCUT2D eigenvalue weighted by molar-refractivity contribution is -0.684. The van der Waals surface area contributed by atoms with Gasteiger partial charge in [0, 0.05) is 17.8 Å². The highest BCUT2D eigenvalue weighted by Gasteiger charge is 2.08. The molecule has 2 N–H and O–H groups in total. The standard InChI is InChI=1S/C13H11N2O2/c16-12-6-4-11(5-7-12)14-13(17)10-15-8-2-1-3-9-15/h2-9H,10H2,(H-,14,16,17)/p+1. The number of anilines is 1. The van der Waals surface area contributed by atoms with Gasteiger partial charge in [-0.1, -0.05) is 0 Å². The Morgan fingerprint density at radius 2 is 1.88 bits per heavy atom. The van der Waals surface area contributed by atoms with Crippen LogP contribution in [0.3, 0.4) is 0 Å². The first kappa shape index (κ1) is 11.1. The fourth-order valence-corrected chi connectivity index (χ4v) is 1.40. The zero-order valence-corrected chi connectivity index (χ0v) is 9.13. The van der Waals surface area contributed by atoms with Crippen molar-refractivity contribution < 1.29 is 14.5 Å². The van der Waals surface area contributed by atoms with Gasteiger partial charge in [0.1, 0.15) is 5.75 Å². The molecule has 0 fully saturated rings. The van der Waals surface area contributed by atoms with Crippen molar-refractivity contribution in [1.29, 1.82) is 0 Å². The van der Waals surface area contributed by atoms with Crippen LogP contribution in [-0.4, -0.2) is 11.0 Å². The van der Waals surface area contributed by atoms with Crippen molar-refractivity contribution in [3.8, 4) is 5.75 Å². The number of hydrogen-bond acceptors (Lipinski definition) is 2. The SMILES string of the molecule is O=C(C[n+]1cc[c]cc1)Nc1ccc(O)cc1. The van der Waals surface area contributed by atoms with Gasteiger partial charge in [-0.3, -0.25) is 4.79 Å². The molecule has 2 aromatic rings. The molecule has 1 amide bonds. The van der Waals surface area contributed by atoms with E-state index in [1.54, 1.807) is 41.2 Å². The second kappa shape index (κ2) is 5.12. The number of amides is 1. The molecule has 0 aliphatic rings. The van der Waals surface area contributed by atoms with Gasteiger partial charge >= 0.3 is 0 Å². The van der Waals surface area contributed by atoms with Crippen LogP contribution in [0.2, 0.25) is 0 Å². The van der Waals surface area contributed by atoms with E-state index < -0.39 is 0 Å². The van der Waals surface area contributed by atoms with Crippen LogP contribution in [0.4, 0.5) is 5.69 Å². The molecule has 1 aromatic heterocycles. The van der Waals surface area contributed by atoms with Crippen LogP contribution >= 0.6 is 0 Å². The number of phenols is 1. The molecule has 4 nitrogen and oxygen atoms in total. The summed E-state index contributed by atoms with van der Waals surface area (Å²) >= 11 is 0. The van der Waals surface area contributed by atoms with Gasteiger partial charge < -0.3 is 10.4 Å². The van der Waals surface area contributed by atoms with E-state index in [0.29, 0.717) is 5.69 Å². The summed E-state index contributed by atoms with van der Waals surface area (Å²) in [7, 11) is 0. The average Bonchev–Trinajstić information content (AvgIpc) is 2.33. The molecule has 1 heterocycles. The third kappa shape index (κ3) is 3.31. The molecular formula is C13H12N2O2+. The van der Waals surface area contributed by atoms with E-state index in [0.717, 1.165) is 0 Å². The lowest BCUT2D eigenvalue weighted by Crippen LogP contribution is -2.39. The van der Waals surface area contributed by atoms with Crippen molar-refractivity contribution >= 4 is 11.6 Å². The highest BCUT2D eigenvalue weighted by molar-refractivity contribution is 5.89. The Morgan fingerprint density at radius 3 is 2.53 bits per heavy atom. The van der Waals surface area contributed by atoms with E-state index in [-0.39, 0.29) is 18.2 Å². The number of benzene rings is 1. The van der Waals surface area contributed by atoms with E-state index in [1.165, 1.54) is 12.1 Å². The number of nitrogens with zero attached hydrogens (tertiary/aromatic N) is 1. The minimum atomic E-state index is -0.119. The van der Waals surface area contributed by atoms with Gasteiger partial charge in [-0.2, -0.15) is 4.57 Å². The largest absolute Gasteiger partial charge is 0.508 e. The first-order valence-corrected chi connectivity index (χ1v) is 5.18. The Hall–Kier alpha value is -2.36. The van der Waals surface area contributed by atoms with Crippen LogP contribution in [0.25, 0.3) is 0 Å². The molecule has 0 bridgehead atoms. The highest BCUT2D eigenvalue weighted by atomic mass is 16.3. The Labute approximate surface area is 99.2 Å². The maximum absolute atomic E-state index is 11.7. The number of nitrogens with one attached hydrogen (secondary N) is 1. The number of aromatic nitrogens is 1. The van der Waals surface area contributed by atoms with Gasteiger partial charge in [-0.25, -0.2) is 0 Å². The molecule has 0 aliphatic carbocycles. The Morgan fingerprint density at radius 1 is 1.24 bits per heavy atom. The zero-order valence-electron chi connectivity index (χ0n) is 9.13. The minimum absolute atomic E-state index is 0.119. The number of pyridine rings is 1. The summed E-state index contributed by atoms with van der Waals surface area (Å²) in [6.07, 6.45) is 3.55. The van der Waals surface area contributed by atoms with Gasteiger partial charge in [0.2, 0.25) is 6.54 Å². The van der Waals surface area contributed by atoms with Crippen LogP contribution in [-0.2, 0) is 11.3 Å². The number of phenolic OH excluding ortho intramolecular Hbond substituents is 1. The van der Waals surface area contributed by atoms with Crippen molar-refractivity contribution in [1.82, 2.24) is 0 Å². The van der Waals surface area contributed by atoms with Crippen LogP contribution in [0.5, 0.6) is 5.75 Å². The fourth-order valence-electron chi connectivity index (χ4n) is 1.40. The molecule has 0 unspecified atom stereocenters. The lowest BCUT2D eigenvalue weighted by Gasteiger charge is -2.02. The van der Waals surface area contributed by atoms with Crippen molar-refractivity contribution in [2.24, 2.45) is 0 Å². The predicted octanol–water partition coefficient (Wildman–Crippen LogP) is 1.12. The number of carbonyl (C=O) groups is 1. The molecule has 0 saturated heterocycles. The van der Waals surface area contributed by atoms with Crippen LogP contribution in [0, 0.1) is 6.07 Å². The van der Waals surface area contributed by atoms with Crippen molar-refractivity contribution in [3.63, 3.8) is 0 Å². The molecule has 0 atom stereocenters. The van der Waals surface area contributed by atoms with Crippen molar-refractivity contribution in [2.45, 2.75) is 6.54 Å². The van der Waals surface area contributed by atoms with Gasteiger partial charge in [-0.15, -0.1) is 0 Å². The molecular weight excluding hydrogens is 216 g/mol. The summed E-state index contributed by atoms with van der Waals surface area (Å²) in [4.78, 5) is 11.7. The summed E-state index contributed by atoms with van der Waals surface area (Å²) in [5.41, 5.74) is 0.663. The van der Waals surface area contributed by atoms with Crippen LogP contribution in [0.15, 0.2) is 48.8 Å². The van der Waals surface area contributed by atoms with Crippen LogP contribution < -0.4 is 9.88 Å². The fraction of sp³-hybridized carbons (Fsp3) is 0.0769. The third-order valence-corrected chi connectivity index (χ3v) is 2.20. The van der Waals surface area contributed by atoms with E-state index in [2.05, 4.69) is 11.4 Å². The number of aromatic hydroxyl groups is 1. The molecule has 2 rings (SSSR count). The van der Waals surface area contributed by atoms with E-state index in [4.69, 9.17) is 5.11 Å². The Balaban J connectivity index is 1.96. The van der Waals surface area contributed by atoms with Crippen molar-refractivity contribution in [2.75, 3.05) is 5.32 Å². The van der Waals surface area contributed by atoms with Gasteiger partial charge in [0.25, 0.3) is 5.91 Å². The van der Waals surface area contributed by atoms with E-state index in [1.807, 2.05) is 0 Å². The van der Waals surface area contributed by atoms with Gasteiger partial charge in [0.15, 0.2) is 12.4 Å². The Bertz CT molecular complexity index is 495. The van der Waals surface area contributed by atoms with E-state index >= 15 is 0 Å². The first-order valence-electron chi connectivity index (χ1n) is 5.18. The van der Waals surface area contributed by atoms with Gasteiger partial charge in [0.05, 0.1) is 0 Å². The maximum atomic E-state index is 11.7. The monoisotopic (exact) mass is 228 g/mol. The Kier molecular flexibility index (Phi) is 3.35. The van der Waals surface area contributed by atoms with E-state index in [9.17, 15) is 4.79 Å². The van der Waals surface area contributed by atoms with Gasteiger partial charge in [-0.05, 0) is 30.3 Å². The molecule has 4 heteroatoms. The highest BCUT2D eigenvalue weighted by Crippen LogP contribution is 2.13. The zero-order chi connectivity index (χ0) is 12.1. The summed E-state index contributed by atoms with van der Waals surface area (Å²) in [6, 6.07) is 12.7. The molecule has 1 aromatic carbocycles. The third-order valence-electron chi connectivity index (χ3n) is 2.20. The summed E-state index contributed by atoms with van der Waals surface area (Å²) in [5.74, 6) is 0.0582. The minimum Gasteiger partial charge on any atom is -0.508 e. The first-order chi connectivity index (χ1) is 8.24. The molecule has 0 aliphatic heterocycles. The number of hydrogen-bond donors (Lipinski definition) is 2. The quantitative estimate of drug-likeness (QED) is 0.611. The smallest absolute Gasteiger partial charge is 0.290 e. The average molecular weight is 228 g/mol. The van der Waals surface area contributed by atoms with Crippen LogP contribution in [0.1, 0.15) is 0 Å². The van der Waals surface area contributed by atoms with Crippen molar-refractivity contribution in [3.05, 3.63) is 54.9 Å². The predicted molar refractivity (Wildman–Crippen MR) is 62.2 cm³/mol. The normalized spacial score (nSPS) is 9.88. The maximum Gasteiger partial charge on any atom is 0.290 e. The second-order valence-electron chi connectivity index (χ2n) is 3.57. The lowest BCUT2D eigenvalue weighted by atomic mass is 10.3. The number of carbonyl (C=O) groups excluding carboxylic acids is 1. The molecule has 85 valence electrons. The topological polar surface area (TPSA) is 53.2 Å². The summed E-state index contributed by atoms with van der Waals surface area (Å²) in [6.45, 7) is 0.246. The summed E-state index contributed by atoms with van der Waals surface area (Å²) in [5, 5.41) is 11.8. The molecule has 17 heavy (non-hydrogen) atoms. The number of rotatable bonds is 3. The molecule has 1 radical (unpaired) electrons.